The number of anilines is 1. The number of primary amides is 1. The molecule has 0 saturated heterocycles. The first-order valence-corrected chi connectivity index (χ1v) is 10.3. The summed E-state index contributed by atoms with van der Waals surface area (Å²) in [5.74, 6) is -2.15. The van der Waals surface area contributed by atoms with Gasteiger partial charge in [-0.3, -0.25) is 9.59 Å². The molecule has 0 radical (unpaired) electrons. The van der Waals surface area contributed by atoms with E-state index >= 15 is 0 Å². The molecule has 0 saturated carbocycles. The summed E-state index contributed by atoms with van der Waals surface area (Å²) in [6.07, 6.45) is -4.18. The molecule has 3 rings (SSSR count). The van der Waals surface area contributed by atoms with E-state index in [0.29, 0.717) is 18.9 Å². The van der Waals surface area contributed by atoms with Crippen molar-refractivity contribution >= 4 is 29.1 Å². The van der Waals surface area contributed by atoms with E-state index in [2.05, 4.69) is 0 Å². The number of carbonyl (C=O) groups is 2. The minimum atomic E-state index is -5.00. The maximum absolute atomic E-state index is 14.1. The number of aliphatic hydroxyl groups is 1. The van der Waals surface area contributed by atoms with Gasteiger partial charge in [0.15, 0.2) is 5.60 Å². The number of hydrogen-bond acceptors (Lipinski definition) is 4. The number of fused-ring (bicyclic) bond motifs is 1. The second kappa shape index (κ2) is 8.06. The highest BCUT2D eigenvalue weighted by Gasteiger charge is 2.57. The zero-order chi connectivity index (χ0) is 24.1. The van der Waals surface area contributed by atoms with Crippen LogP contribution in [-0.2, 0) is 16.6 Å². The third-order valence-corrected chi connectivity index (χ3v) is 6.39. The van der Waals surface area contributed by atoms with Gasteiger partial charge in [-0.1, -0.05) is 43.6 Å². The molecule has 1 atom stereocenters. The molecule has 1 heterocycles. The Morgan fingerprint density at radius 3 is 2.28 bits per heavy atom. The molecule has 2 amide bonds. The Labute approximate surface area is 187 Å². The molecule has 2 aromatic carbocycles. The van der Waals surface area contributed by atoms with Crippen LogP contribution >= 0.6 is 11.6 Å². The van der Waals surface area contributed by atoms with Crippen molar-refractivity contribution in [3.8, 4) is 0 Å². The van der Waals surface area contributed by atoms with Gasteiger partial charge < -0.3 is 21.5 Å². The highest BCUT2D eigenvalue weighted by Crippen LogP contribution is 2.52. The fraction of sp³-hybridized carbons (Fsp3) is 0.364. The number of rotatable bonds is 6. The van der Waals surface area contributed by atoms with Crippen LogP contribution in [0, 0.1) is 0 Å². The maximum Gasteiger partial charge on any atom is 0.416 e. The van der Waals surface area contributed by atoms with Gasteiger partial charge in [0.2, 0.25) is 5.91 Å². The molecule has 1 aliphatic rings. The molecule has 0 aromatic heterocycles. The fourth-order valence-electron chi connectivity index (χ4n) is 3.95. The average Bonchev–Trinajstić information content (AvgIpc) is 2.95. The number of amides is 2. The van der Waals surface area contributed by atoms with E-state index in [9.17, 15) is 27.9 Å². The average molecular weight is 470 g/mol. The molecule has 0 spiro atoms. The van der Waals surface area contributed by atoms with E-state index in [0.717, 1.165) is 11.0 Å². The lowest BCUT2D eigenvalue weighted by Crippen LogP contribution is -2.53. The first-order chi connectivity index (χ1) is 14.8. The second-order valence-corrected chi connectivity index (χ2v) is 8.34. The van der Waals surface area contributed by atoms with Gasteiger partial charge in [-0.2, -0.15) is 13.2 Å². The van der Waals surface area contributed by atoms with Crippen molar-refractivity contribution in [1.82, 2.24) is 0 Å². The van der Waals surface area contributed by atoms with Crippen molar-refractivity contribution in [2.75, 3.05) is 11.4 Å². The summed E-state index contributed by atoms with van der Waals surface area (Å²) in [6, 6.07) is 7.23. The van der Waals surface area contributed by atoms with Crippen LogP contribution in [0.2, 0.25) is 5.02 Å². The molecule has 32 heavy (non-hydrogen) atoms. The van der Waals surface area contributed by atoms with Crippen LogP contribution in [0.3, 0.4) is 0 Å². The molecule has 10 heteroatoms. The molecule has 1 unspecified atom stereocenters. The standard InChI is InChI=1S/C22H23ClF3N3O3/c1-3-20(28,4-2)11-29-16-10-12(18(27)30)9-14(22(24,25)26)17(16)21(32,19(29)31)13-7-5-6-8-15(13)23/h5-10,32H,3-4,11,28H2,1-2H3,(H2,27,30). The smallest absolute Gasteiger partial charge is 0.372 e. The van der Waals surface area contributed by atoms with E-state index in [1.165, 1.54) is 24.3 Å². The summed E-state index contributed by atoms with van der Waals surface area (Å²) in [7, 11) is 0. The summed E-state index contributed by atoms with van der Waals surface area (Å²) in [4.78, 5) is 26.4. The number of hydrogen-bond donors (Lipinski definition) is 3. The lowest BCUT2D eigenvalue weighted by atomic mass is 9.83. The van der Waals surface area contributed by atoms with E-state index in [1.807, 2.05) is 0 Å². The van der Waals surface area contributed by atoms with Crippen LogP contribution in [0.15, 0.2) is 36.4 Å². The summed E-state index contributed by atoms with van der Waals surface area (Å²) < 4.78 is 42.4. The van der Waals surface area contributed by atoms with Gasteiger partial charge in [0, 0.05) is 33.8 Å². The van der Waals surface area contributed by atoms with Crippen LogP contribution in [0.5, 0.6) is 0 Å². The van der Waals surface area contributed by atoms with Gasteiger partial charge >= 0.3 is 6.18 Å². The number of carbonyl (C=O) groups excluding carboxylic acids is 2. The Bertz CT molecular complexity index is 1090. The summed E-state index contributed by atoms with van der Waals surface area (Å²) in [5.41, 5.74) is 4.95. The quantitative estimate of drug-likeness (QED) is 0.600. The van der Waals surface area contributed by atoms with Gasteiger partial charge in [0.25, 0.3) is 5.91 Å². The van der Waals surface area contributed by atoms with E-state index < -0.39 is 45.8 Å². The zero-order valence-electron chi connectivity index (χ0n) is 17.5. The third kappa shape index (κ3) is 3.74. The molecular formula is C22H23ClF3N3O3. The lowest BCUT2D eigenvalue weighted by molar-refractivity contribution is -0.142. The van der Waals surface area contributed by atoms with Crippen molar-refractivity contribution in [3.63, 3.8) is 0 Å². The molecule has 172 valence electrons. The van der Waals surface area contributed by atoms with Crippen LogP contribution in [0.25, 0.3) is 0 Å². The van der Waals surface area contributed by atoms with Crippen LogP contribution in [0.4, 0.5) is 18.9 Å². The Morgan fingerprint density at radius 1 is 1.19 bits per heavy atom. The predicted octanol–water partition coefficient (Wildman–Crippen LogP) is 3.56. The summed E-state index contributed by atoms with van der Waals surface area (Å²) in [6.45, 7) is 3.39. The van der Waals surface area contributed by atoms with Crippen molar-refractivity contribution in [2.24, 2.45) is 11.5 Å². The molecule has 0 fully saturated rings. The Morgan fingerprint density at radius 2 is 1.78 bits per heavy atom. The highest BCUT2D eigenvalue weighted by atomic mass is 35.5. The second-order valence-electron chi connectivity index (χ2n) is 7.93. The third-order valence-electron chi connectivity index (χ3n) is 6.06. The summed E-state index contributed by atoms with van der Waals surface area (Å²) in [5, 5.41) is 11.5. The fourth-order valence-corrected chi connectivity index (χ4v) is 4.22. The van der Waals surface area contributed by atoms with E-state index in [1.54, 1.807) is 13.8 Å². The first kappa shape index (κ1) is 24.0. The van der Waals surface area contributed by atoms with Crippen LogP contribution in [-0.4, -0.2) is 29.0 Å². The van der Waals surface area contributed by atoms with Crippen molar-refractivity contribution < 1.29 is 27.9 Å². The Balaban J connectivity index is 2.42. The van der Waals surface area contributed by atoms with E-state index in [4.69, 9.17) is 23.1 Å². The van der Waals surface area contributed by atoms with E-state index in [-0.39, 0.29) is 22.8 Å². The number of alkyl halides is 3. The largest absolute Gasteiger partial charge is 0.416 e. The van der Waals surface area contributed by atoms with Crippen molar-refractivity contribution in [3.05, 3.63) is 63.7 Å². The molecule has 6 nitrogen and oxygen atoms in total. The van der Waals surface area contributed by atoms with Gasteiger partial charge in [-0.25, -0.2) is 0 Å². The molecule has 1 aliphatic heterocycles. The summed E-state index contributed by atoms with van der Waals surface area (Å²) >= 11 is 6.20. The number of nitrogens with two attached hydrogens (primary N) is 2. The van der Waals surface area contributed by atoms with Crippen LogP contribution < -0.4 is 16.4 Å². The molecule has 0 bridgehead atoms. The number of benzene rings is 2. The molecule has 0 aliphatic carbocycles. The van der Waals surface area contributed by atoms with Crippen molar-refractivity contribution in [1.29, 1.82) is 0 Å². The lowest BCUT2D eigenvalue weighted by Gasteiger charge is -2.33. The normalized spacial score (nSPS) is 18.8. The topological polar surface area (TPSA) is 110 Å². The van der Waals surface area contributed by atoms with Crippen LogP contribution in [0.1, 0.15) is 53.7 Å². The first-order valence-electron chi connectivity index (χ1n) is 9.94. The monoisotopic (exact) mass is 469 g/mol. The predicted molar refractivity (Wildman–Crippen MR) is 114 cm³/mol. The molecule has 5 N–H and O–H groups in total. The molecular weight excluding hydrogens is 447 g/mol. The Hall–Kier alpha value is -2.62. The minimum Gasteiger partial charge on any atom is -0.372 e. The Kier molecular flexibility index (Phi) is 6.05. The van der Waals surface area contributed by atoms with Gasteiger partial charge in [-0.15, -0.1) is 0 Å². The van der Waals surface area contributed by atoms with Gasteiger partial charge in [0.1, 0.15) is 0 Å². The van der Waals surface area contributed by atoms with Gasteiger partial charge in [0.05, 0.1) is 11.3 Å². The zero-order valence-corrected chi connectivity index (χ0v) is 18.2. The minimum absolute atomic E-state index is 0.0896. The van der Waals surface area contributed by atoms with Gasteiger partial charge in [-0.05, 0) is 31.0 Å². The van der Waals surface area contributed by atoms with Crippen molar-refractivity contribution in [2.45, 2.75) is 44.0 Å². The molecule has 2 aromatic rings. The maximum atomic E-state index is 14.1. The number of halogens is 4. The highest BCUT2D eigenvalue weighted by molar-refractivity contribution is 6.32. The number of nitrogens with zero attached hydrogens (tertiary/aromatic N) is 1. The SMILES string of the molecule is CCC(N)(CC)CN1C(=O)C(O)(c2ccccc2Cl)c2c1cc(C(N)=O)cc2C(F)(F)F.